The van der Waals surface area contributed by atoms with Crippen LogP contribution in [0, 0.1) is 0 Å². The number of rotatable bonds is 4. The van der Waals surface area contributed by atoms with Gasteiger partial charge in [0.25, 0.3) is 0 Å². The normalized spacial score (nSPS) is 9.81. The Morgan fingerprint density at radius 3 is 2.75 bits per heavy atom. The highest BCUT2D eigenvalue weighted by atomic mass is 16.5. The van der Waals surface area contributed by atoms with E-state index >= 15 is 0 Å². The molecule has 1 heterocycles. The number of hydrogen-bond acceptors (Lipinski definition) is 3. The van der Waals surface area contributed by atoms with Crippen molar-refractivity contribution in [3.05, 3.63) is 54.4 Å². The monoisotopic (exact) mass is 215 g/mol. The van der Waals surface area contributed by atoms with Gasteiger partial charge in [-0.05, 0) is 18.2 Å². The van der Waals surface area contributed by atoms with Crippen LogP contribution in [-0.2, 0) is 6.61 Å². The highest BCUT2D eigenvalue weighted by molar-refractivity contribution is 5.33. The Balaban J connectivity index is 2.05. The van der Waals surface area contributed by atoms with Crippen molar-refractivity contribution >= 4 is 0 Å². The molecule has 1 aromatic heterocycles. The second kappa shape index (κ2) is 5.16. The fourth-order valence-electron chi connectivity index (χ4n) is 1.42. The predicted molar refractivity (Wildman–Crippen MR) is 61.6 cm³/mol. The summed E-state index contributed by atoms with van der Waals surface area (Å²) >= 11 is 0. The predicted octanol–water partition coefficient (Wildman–Crippen LogP) is 2.67. The Bertz CT molecular complexity index is 443. The highest BCUT2D eigenvalue weighted by Crippen LogP contribution is 2.19. The molecule has 1 aromatic carbocycles. The molecule has 0 fully saturated rings. The van der Waals surface area contributed by atoms with Crippen LogP contribution < -0.4 is 9.47 Å². The molecule has 0 atom stereocenters. The number of benzene rings is 1. The van der Waals surface area contributed by atoms with Crippen LogP contribution in [0.2, 0.25) is 0 Å². The zero-order valence-corrected chi connectivity index (χ0v) is 9.09. The number of pyridine rings is 1. The Morgan fingerprint density at radius 1 is 1.12 bits per heavy atom. The maximum atomic E-state index is 5.59. The molecule has 2 rings (SSSR count). The molecule has 0 amide bonds. The lowest BCUT2D eigenvalue weighted by Gasteiger charge is -2.09. The van der Waals surface area contributed by atoms with Gasteiger partial charge in [0.2, 0.25) is 0 Å². The number of hydrogen-bond donors (Lipinski definition) is 0. The van der Waals surface area contributed by atoms with E-state index in [1.165, 1.54) is 0 Å². The highest BCUT2D eigenvalue weighted by Gasteiger charge is 2.02. The molecular formula is C13H13NO2. The first kappa shape index (κ1) is 10.5. The fourth-order valence-corrected chi connectivity index (χ4v) is 1.42. The number of para-hydroxylation sites is 1. The van der Waals surface area contributed by atoms with Crippen molar-refractivity contribution in [1.29, 1.82) is 0 Å². The summed E-state index contributed by atoms with van der Waals surface area (Å²) in [5, 5.41) is 0. The Hall–Kier alpha value is -2.03. The van der Waals surface area contributed by atoms with Crippen molar-refractivity contribution in [2.75, 3.05) is 7.11 Å². The van der Waals surface area contributed by atoms with Gasteiger partial charge in [-0.25, -0.2) is 0 Å². The maximum Gasteiger partial charge on any atom is 0.138 e. The summed E-state index contributed by atoms with van der Waals surface area (Å²) in [4.78, 5) is 3.98. The molecule has 0 unspecified atom stereocenters. The minimum Gasteiger partial charge on any atom is -0.496 e. The van der Waals surface area contributed by atoms with E-state index in [-0.39, 0.29) is 0 Å². The molecule has 0 aliphatic rings. The van der Waals surface area contributed by atoms with E-state index < -0.39 is 0 Å². The van der Waals surface area contributed by atoms with E-state index in [4.69, 9.17) is 9.47 Å². The van der Waals surface area contributed by atoms with E-state index in [1.54, 1.807) is 19.5 Å². The molecule has 2 aromatic rings. The van der Waals surface area contributed by atoms with Crippen LogP contribution in [0.4, 0.5) is 0 Å². The molecule has 0 saturated carbocycles. The number of ether oxygens (including phenoxy) is 2. The Labute approximate surface area is 94.7 Å². The first-order valence-corrected chi connectivity index (χ1v) is 5.05. The van der Waals surface area contributed by atoms with E-state index in [2.05, 4.69) is 4.98 Å². The van der Waals surface area contributed by atoms with Gasteiger partial charge in [0, 0.05) is 11.8 Å². The van der Waals surface area contributed by atoms with Crippen LogP contribution in [0.15, 0.2) is 48.8 Å². The molecule has 0 N–H and O–H groups in total. The van der Waals surface area contributed by atoms with Crippen LogP contribution in [0.1, 0.15) is 5.56 Å². The molecular weight excluding hydrogens is 202 g/mol. The van der Waals surface area contributed by atoms with E-state index in [1.807, 2.05) is 36.4 Å². The van der Waals surface area contributed by atoms with E-state index in [0.717, 1.165) is 17.1 Å². The molecule has 82 valence electrons. The Kier molecular flexibility index (Phi) is 3.38. The third-order valence-corrected chi connectivity index (χ3v) is 2.22. The average molecular weight is 215 g/mol. The number of nitrogens with zero attached hydrogens (tertiary/aromatic N) is 1. The van der Waals surface area contributed by atoms with Crippen molar-refractivity contribution in [2.45, 2.75) is 6.61 Å². The third-order valence-electron chi connectivity index (χ3n) is 2.22. The topological polar surface area (TPSA) is 31.4 Å². The van der Waals surface area contributed by atoms with Gasteiger partial charge in [-0.3, -0.25) is 4.98 Å². The maximum absolute atomic E-state index is 5.59. The Morgan fingerprint density at radius 2 is 2.00 bits per heavy atom. The number of aromatic nitrogens is 1. The van der Waals surface area contributed by atoms with Gasteiger partial charge in [0.05, 0.1) is 13.3 Å². The van der Waals surface area contributed by atoms with Gasteiger partial charge in [0.1, 0.15) is 18.1 Å². The lowest BCUT2D eigenvalue weighted by Crippen LogP contribution is -1.98. The summed E-state index contributed by atoms with van der Waals surface area (Å²) < 4.78 is 10.8. The summed E-state index contributed by atoms with van der Waals surface area (Å²) in [5.74, 6) is 1.60. The molecule has 0 aliphatic carbocycles. The van der Waals surface area contributed by atoms with Crippen LogP contribution in [-0.4, -0.2) is 12.1 Å². The average Bonchev–Trinajstić information content (AvgIpc) is 2.38. The second-order valence-corrected chi connectivity index (χ2v) is 3.29. The summed E-state index contributed by atoms with van der Waals surface area (Å²) in [5.41, 5.74) is 1.02. The van der Waals surface area contributed by atoms with Crippen molar-refractivity contribution < 1.29 is 9.47 Å². The zero-order valence-electron chi connectivity index (χ0n) is 9.09. The molecule has 0 spiro atoms. The second-order valence-electron chi connectivity index (χ2n) is 3.29. The van der Waals surface area contributed by atoms with Crippen LogP contribution in [0.25, 0.3) is 0 Å². The molecule has 0 radical (unpaired) electrons. The zero-order chi connectivity index (χ0) is 11.2. The summed E-state index contributed by atoms with van der Waals surface area (Å²) in [7, 11) is 1.66. The van der Waals surface area contributed by atoms with Gasteiger partial charge in [-0.15, -0.1) is 0 Å². The summed E-state index contributed by atoms with van der Waals surface area (Å²) in [6.45, 7) is 0.482. The van der Waals surface area contributed by atoms with Crippen LogP contribution >= 0.6 is 0 Å². The fraction of sp³-hybridized carbons (Fsp3) is 0.154. The lowest BCUT2D eigenvalue weighted by molar-refractivity contribution is 0.295. The van der Waals surface area contributed by atoms with Crippen molar-refractivity contribution in [1.82, 2.24) is 4.98 Å². The minimum atomic E-state index is 0.482. The van der Waals surface area contributed by atoms with Gasteiger partial charge in [-0.1, -0.05) is 18.2 Å². The quantitative estimate of drug-likeness (QED) is 0.785. The van der Waals surface area contributed by atoms with Crippen molar-refractivity contribution in [3.63, 3.8) is 0 Å². The van der Waals surface area contributed by atoms with Gasteiger partial charge >= 0.3 is 0 Å². The number of methoxy groups -OCH3 is 1. The van der Waals surface area contributed by atoms with Gasteiger partial charge < -0.3 is 9.47 Å². The molecule has 16 heavy (non-hydrogen) atoms. The van der Waals surface area contributed by atoms with Crippen LogP contribution in [0.5, 0.6) is 11.5 Å². The van der Waals surface area contributed by atoms with Crippen molar-refractivity contribution in [3.8, 4) is 11.5 Å². The summed E-state index contributed by atoms with van der Waals surface area (Å²) in [6, 6.07) is 11.5. The molecule has 3 nitrogen and oxygen atoms in total. The summed E-state index contributed by atoms with van der Waals surface area (Å²) in [6.07, 6.45) is 3.41. The molecule has 3 heteroatoms. The first-order valence-electron chi connectivity index (χ1n) is 5.05. The molecule has 0 saturated heterocycles. The minimum absolute atomic E-state index is 0.482. The standard InChI is InChI=1S/C13H13NO2/c1-15-13-7-3-2-5-11(13)10-16-12-6-4-8-14-9-12/h2-9H,10H2,1H3. The first-order chi connectivity index (χ1) is 7.90. The third kappa shape index (κ3) is 2.51. The van der Waals surface area contributed by atoms with E-state index in [9.17, 15) is 0 Å². The van der Waals surface area contributed by atoms with Crippen LogP contribution in [0.3, 0.4) is 0 Å². The van der Waals surface area contributed by atoms with Gasteiger partial charge in [-0.2, -0.15) is 0 Å². The smallest absolute Gasteiger partial charge is 0.138 e. The lowest BCUT2D eigenvalue weighted by atomic mass is 10.2. The van der Waals surface area contributed by atoms with E-state index in [0.29, 0.717) is 6.61 Å². The molecule has 0 aliphatic heterocycles. The molecule has 0 bridgehead atoms. The largest absolute Gasteiger partial charge is 0.496 e. The SMILES string of the molecule is COc1ccccc1COc1cccnc1. The van der Waals surface area contributed by atoms with Gasteiger partial charge in [0.15, 0.2) is 0 Å². The van der Waals surface area contributed by atoms with Crippen molar-refractivity contribution in [2.24, 2.45) is 0 Å².